The lowest BCUT2D eigenvalue weighted by atomic mass is 10.2. The fourth-order valence-electron chi connectivity index (χ4n) is 2.32. The highest BCUT2D eigenvalue weighted by molar-refractivity contribution is 9.10. The van der Waals surface area contributed by atoms with E-state index in [0.717, 1.165) is 6.54 Å². The number of rotatable bonds is 4. The highest BCUT2D eigenvalue weighted by Crippen LogP contribution is 2.29. The number of nitrogens with one attached hydrogen (secondary N) is 1. The van der Waals surface area contributed by atoms with E-state index in [1.54, 1.807) is 0 Å². The minimum Gasteiger partial charge on any atom is -0.341 e. The first-order valence-corrected chi connectivity index (χ1v) is 7.31. The molecule has 0 radical (unpaired) electrons. The summed E-state index contributed by atoms with van der Waals surface area (Å²) in [5.41, 5.74) is 2.65. The lowest BCUT2D eigenvalue weighted by Crippen LogP contribution is -2.23. The smallest absolute Gasteiger partial charge is 0.0496 e. The van der Waals surface area contributed by atoms with Gasteiger partial charge in [0.15, 0.2) is 0 Å². The highest BCUT2D eigenvalue weighted by atomic mass is 79.9. The average Bonchev–Trinajstić information content (AvgIpc) is 2.66. The monoisotopic (exact) mass is 308 g/mol. The van der Waals surface area contributed by atoms with Crippen molar-refractivity contribution in [3.05, 3.63) is 34.4 Å². The number of halogens is 1. The molecule has 1 aromatic heterocycles. The van der Waals surface area contributed by atoms with Crippen LogP contribution in [0.25, 0.3) is 10.9 Å². The van der Waals surface area contributed by atoms with E-state index in [-0.39, 0.29) is 0 Å². The standard InChI is InChI=1S/C15H21BrN2/c1-10(2)17-9-12-8-13-14(16)6-5-7-15(13)18(12)11(3)4/h5-8,10-11,17H,9H2,1-4H3. The van der Waals surface area contributed by atoms with Gasteiger partial charge in [-0.3, -0.25) is 0 Å². The van der Waals surface area contributed by atoms with Gasteiger partial charge in [0.2, 0.25) is 0 Å². The molecule has 0 unspecified atom stereocenters. The fraction of sp³-hybridized carbons (Fsp3) is 0.467. The van der Waals surface area contributed by atoms with Crippen molar-refractivity contribution in [1.29, 1.82) is 0 Å². The summed E-state index contributed by atoms with van der Waals surface area (Å²) >= 11 is 3.64. The molecule has 2 aromatic rings. The van der Waals surface area contributed by atoms with Gasteiger partial charge in [-0.1, -0.05) is 35.8 Å². The Hall–Kier alpha value is -0.800. The molecule has 0 aliphatic rings. The van der Waals surface area contributed by atoms with Crippen LogP contribution < -0.4 is 5.32 Å². The number of nitrogens with zero attached hydrogens (tertiary/aromatic N) is 1. The third-order valence-corrected chi connectivity index (χ3v) is 3.81. The largest absolute Gasteiger partial charge is 0.341 e. The molecule has 18 heavy (non-hydrogen) atoms. The SMILES string of the molecule is CC(C)NCc1cc2c(Br)cccc2n1C(C)C. The molecule has 0 aliphatic heterocycles. The molecule has 2 rings (SSSR count). The Kier molecular flexibility index (Phi) is 4.13. The van der Waals surface area contributed by atoms with Crippen LogP contribution in [0.3, 0.4) is 0 Å². The Morgan fingerprint density at radius 2 is 1.94 bits per heavy atom. The summed E-state index contributed by atoms with van der Waals surface area (Å²) in [6, 6.07) is 9.67. The molecule has 0 spiro atoms. The van der Waals surface area contributed by atoms with Gasteiger partial charge in [-0.05, 0) is 32.0 Å². The normalized spacial score (nSPS) is 11.9. The molecular formula is C15H21BrN2. The highest BCUT2D eigenvalue weighted by Gasteiger charge is 2.12. The van der Waals surface area contributed by atoms with E-state index in [1.807, 2.05) is 0 Å². The lowest BCUT2D eigenvalue weighted by molar-refractivity contribution is 0.534. The van der Waals surface area contributed by atoms with Crippen LogP contribution in [0.4, 0.5) is 0 Å². The molecule has 0 amide bonds. The third-order valence-electron chi connectivity index (χ3n) is 3.12. The summed E-state index contributed by atoms with van der Waals surface area (Å²) in [7, 11) is 0. The number of hydrogen-bond donors (Lipinski definition) is 1. The van der Waals surface area contributed by atoms with E-state index < -0.39 is 0 Å². The average molecular weight is 309 g/mol. The molecule has 1 heterocycles. The summed E-state index contributed by atoms with van der Waals surface area (Å²) in [4.78, 5) is 0. The molecule has 1 aromatic carbocycles. The first-order valence-electron chi connectivity index (χ1n) is 6.52. The van der Waals surface area contributed by atoms with Crippen molar-refractivity contribution in [3.8, 4) is 0 Å². The predicted molar refractivity (Wildman–Crippen MR) is 82.0 cm³/mol. The second kappa shape index (κ2) is 5.45. The molecule has 98 valence electrons. The van der Waals surface area contributed by atoms with E-state index in [0.29, 0.717) is 12.1 Å². The zero-order chi connectivity index (χ0) is 13.3. The summed E-state index contributed by atoms with van der Waals surface area (Å²) in [6.45, 7) is 9.74. The van der Waals surface area contributed by atoms with Crippen LogP contribution in [0, 0.1) is 0 Å². The van der Waals surface area contributed by atoms with Gasteiger partial charge in [0.1, 0.15) is 0 Å². The second-order valence-electron chi connectivity index (χ2n) is 5.31. The molecule has 0 aliphatic carbocycles. The topological polar surface area (TPSA) is 17.0 Å². The van der Waals surface area contributed by atoms with Crippen LogP contribution in [0.15, 0.2) is 28.7 Å². The van der Waals surface area contributed by atoms with Crippen molar-refractivity contribution < 1.29 is 0 Å². The molecule has 1 N–H and O–H groups in total. The van der Waals surface area contributed by atoms with Crippen molar-refractivity contribution in [3.63, 3.8) is 0 Å². The zero-order valence-corrected chi connectivity index (χ0v) is 13.1. The van der Waals surface area contributed by atoms with Crippen LogP contribution in [0.5, 0.6) is 0 Å². The summed E-state index contributed by atoms with van der Waals surface area (Å²) in [6.07, 6.45) is 0. The van der Waals surface area contributed by atoms with Gasteiger partial charge in [-0.2, -0.15) is 0 Å². The quantitative estimate of drug-likeness (QED) is 0.881. The van der Waals surface area contributed by atoms with Crippen molar-refractivity contribution in [2.24, 2.45) is 0 Å². The van der Waals surface area contributed by atoms with Gasteiger partial charge in [0.05, 0.1) is 0 Å². The lowest BCUT2D eigenvalue weighted by Gasteiger charge is -2.16. The molecule has 0 fully saturated rings. The molecule has 0 atom stereocenters. The minimum atomic E-state index is 0.473. The van der Waals surface area contributed by atoms with Crippen molar-refractivity contribution in [2.45, 2.75) is 46.3 Å². The summed E-state index contributed by atoms with van der Waals surface area (Å²) in [5, 5.41) is 4.80. The van der Waals surface area contributed by atoms with Crippen LogP contribution in [-0.4, -0.2) is 10.6 Å². The predicted octanol–water partition coefficient (Wildman–Crippen LogP) is 4.48. The number of fused-ring (bicyclic) bond motifs is 1. The van der Waals surface area contributed by atoms with Gasteiger partial charge >= 0.3 is 0 Å². The molecule has 0 saturated heterocycles. The zero-order valence-electron chi connectivity index (χ0n) is 11.5. The molecule has 2 nitrogen and oxygen atoms in total. The third kappa shape index (κ3) is 2.62. The van der Waals surface area contributed by atoms with E-state index >= 15 is 0 Å². The van der Waals surface area contributed by atoms with Gasteiger partial charge < -0.3 is 9.88 Å². The van der Waals surface area contributed by atoms with Crippen LogP contribution in [0.1, 0.15) is 39.4 Å². The number of benzene rings is 1. The first-order chi connectivity index (χ1) is 8.50. The summed E-state index contributed by atoms with van der Waals surface area (Å²) < 4.78 is 3.58. The Balaban J connectivity index is 2.51. The van der Waals surface area contributed by atoms with Gasteiger partial charge in [-0.25, -0.2) is 0 Å². The van der Waals surface area contributed by atoms with E-state index in [1.165, 1.54) is 21.1 Å². The first kappa shape index (κ1) is 13.6. The fourth-order valence-corrected chi connectivity index (χ4v) is 2.79. The number of hydrogen-bond acceptors (Lipinski definition) is 1. The Morgan fingerprint density at radius 3 is 2.56 bits per heavy atom. The Morgan fingerprint density at radius 1 is 1.22 bits per heavy atom. The van der Waals surface area contributed by atoms with Crippen LogP contribution in [-0.2, 0) is 6.54 Å². The second-order valence-corrected chi connectivity index (χ2v) is 6.16. The minimum absolute atomic E-state index is 0.473. The van der Waals surface area contributed by atoms with Gasteiger partial charge in [0.25, 0.3) is 0 Å². The molecular weight excluding hydrogens is 288 g/mol. The number of aromatic nitrogens is 1. The maximum absolute atomic E-state index is 3.64. The molecule has 0 bridgehead atoms. The van der Waals surface area contributed by atoms with Crippen molar-refractivity contribution in [2.75, 3.05) is 0 Å². The summed E-state index contributed by atoms with van der Waals surface area (Å²) in [5.74, 6) is 0. The van der Waals surface area contributed by atoms with E-state index in [4.69, 9.17) is 0 Å². The maximum Gasteiger partial charge on any atom is 0.0496 e. The van der Waals surface area contributed by atoms with E-state index in [9.17, 15) is 0 Å². The van der Waals surface area contributed by atoms with Gasteiger partial charge in [-0.15, -0.1) is 0 Å². The maximum atomic E-state index is 3.64. The molecule has 3 heteroatoms. The van der Waals surface area contributed by atoms with Crippen molar-refractivity contribution in [1.82, 2.24) is 9.88 Å². The Bertz CT molecular complexity index is 541. The molecule has 0 saturated carbocycles. The van der Waals surface area contributed by atoms with Gasteiger partial charge in [0, 0.05) is 39.7 Å². The van der Waals surface area contributed by atoms with Crippen molar-refractivity contribution >= 4 is 26.8 Å². The van der Waals surface area contributed by atoms with Crippen LogP contribution in [0.2, 0.25) is 0 Å². The van der Waals surface area contributed by atoms with Crippen LogP contribution >= 0.6 is 15.9 Å². The van der Waals surface area contributed by atoms with E-state index in [2.05, 4.69) is 77.8 Å². The Labute approximate surface area is 118 Å².